The fourth-order valence-electron chi connectivity index (χ4n) is 0.213. The van der Waals surface area contributed by atoms with Crippen molar-refractivity contribution in [1.82, 2.24) is 0 Å². The van der Waals surface area contributed by atoms with Crippen molar-refractivity contribution in [2.45, 2.75) is 6.36 Å². The second-order valence-electron chi connectivity index (χ2n) is 1.38. The minimum Gasteiger partial charge on any atom is -0.435 e. The lowest BCUT2D eigenvalue weighted by molar-refractivity contribution is -0.345. The zero-order chi connectivity index (χ0) is 8.91. The summed E-state index contributed by atoms with van der Waals surface area (Å²) < 4.78 is 40.5. The third-order valence-corrected chi connectivity index (χ3v) is 0.590. The van der Waals surface area contributed by atoms with E-state index in [1.54, 1.807) is 0 Å². The van der Waals surface area contributed by atoms with Crippen molar-refractivity contribution >= 4 is 5.97 Å². The van der Waals surface area contributed by atoms with Gasteiger partial charge in [-0.25, -0.2) is 4.79 Å². The van der Waals surface area contributed by atoms with E-state index in [0.29, 0.717) is 0 Å². The SMILES string of the molecule is C=CC(=O)OCOC(F)(F)F. The Balaban J connectivity index is 3.42. The molecule has 0 aliphatic carbocycles. The molecule has 6 heteroatoms. The highest BCUT2D eigenvalue weighted by Gasteiger charge is 2.29. The van der Waals surface area contributed by atoms with Crippen LogP contribution in [0.2, 0.25) is 0 Å². The van der Waals surface area contributed by atoms with Gasteiger partial charge in [0, 0.05) is 6.08 Å². The number of ether oxygens (including phenoxy) is 2. The summed E-state index contributed by atoms with van der Waals surface area (Å²) in [7, 11) is 0. The highest BCUT2D eigenvalue weighted by atomic mass is 19.4. The van der Waals surface area contributed by atoms with Gasteiger partial charge < -0.3 is 4.74 Å². The third kappa shape index (κ3) is 6.85. The van der Waals surface area contributed by atoms with Crippen LogP contribution in [0.4, 0.5) is 13.2 Å². The third-order valence-electron chi connectivity index (χ3n) is 0.590. The van der Waals surface area contributed by atoms with E-state index in [9.17, 15) is 18.0 Å². The lowest BCUT2D eigenvalue weighted by Crippen LogP contribution is -2.17. The average Bonchev–Trinajstić information content (AvgIpc) is 1.85. The number of hydrogen-bond acceptors (Lipinski definition) is 3. The standard InChI is InChI=1S/C5H5F3O3/c1-2-4(9)10-3-11-5(6,7)8/h2H,1,3H2. The first-order chi connectivity index (χ1) is 4.95. The summed E-state index contributed by atoms with van der Waals surface area (Å²) in [6, 6.07) is 0. The van der Waals surface area contributed by atoms with Crippen molar-refractivity contribution in [2.75, 3.05) is 6.79 Å². The summed E-state index contributed by atoms with van der Waals surface area (Å²) in [5, 5.41) is 0. The molecule has 0 spiro atoms. The van der Waals surface area contributed by atoms with Gasteiger partial charge in [-0.2, -0.15) is 0 Å². The van der Waals surface area contributed by atoms with Gasteiger partial charge in [-0.05, 0) is 0 Å². The molecule has 0 aromatic rings. The van der Waals surface area contributed by atoms with Crippen molar-refractivity contribution in [3.8, 4) is 0 Å². The Morgan fingerprint density at radius 1 is 1.55 bits per heavy atom. The summed E-state index contributed by atoms with van der Waals surface area (Å²) in [4.78, 5) is 10.1. The van der Waals surface area contributed by atoms with Crippen molar-refractivity contribution in [1.29, 1.82) is 0 Å². The van der Waals surface area contributed by atoms with Gasteiger partial charge in [-0.1, -0.05) is 6.58 Å². The molecule has 0 fully saturated rings. The minimum atomic E-state index is -4.78. The first-order valence-electron chi connectivity index (χ1n) is 2.45. The molecule has 0 amide bonds. The Labute approximate surface area is 60.4 Å². The molecule has 0 aromatic carbocycles. The maximum atomic E-state index is 11.2. The van der Waals surface area contributed by atoms with Crippen molar-refractivity contribution in [2.24, 2.45) is 0 Å². The van der Waals surface area contributed by atoms with Gasteiger partial charge >= 0.3 is 12.3 Å². The van der Waals surface area contributed by atoms with Crippen LogP contribution in [0.25, 0.3) is 0 Å². The topological polar surface area (TPSA) is 35.5 Å². The van der Waals surface area contributed by atoms with Crippen LogP contribution in [0.1, 0.15) is 0 Å². The maximum absolute atomic E-state index is 11.2. The van der Waals surface area contributed by atoms with Crippen LogP contribution in [0, 0.1) is 0 Å². The van der Waals surface area contributed by atoms with E-state index in [1.807, 2.05) is 0 Å². The van der Waals surface area contributed by atoms with Gasteiger partial charge in [0.05, 0.1) is 0 Å². The van der Waals surface area contributed by atoms with E-state index >= 15 is 0 Å². The molecule has 3 nitrogen and oxygen atoms in total. The second kappa shape index (κ2) is 3.97. The van der Waals surface area contributed by atoms with Crippen LogP contribution in [-0.4, -0.2) is 19.1 Å². The van der Waals surface area contributed by atoms with Crippen LogP contribution in [-0.2, 0) is 14.3 Å². The molecule has 11 heavy (non-hydrogen) atoms. The van der Waals surface area contributed by atoms with E-state index in [0.717, 1.165) is 6.08 Å². The van der Waals surface area contributed by atoms with Crippen LogP contribution < -0.4 is 0 Å². The molecular formula is C5H5F3O3. The molecule has 0 aliphatic rings. The number of alkyl halides is 3. The van der Waals surface area contributed by atoms with Gasteiger partial charge in [0.15, 0.2) is 0 Å². The first kappa shape index (κ1) is 9.96. The van der Waals surface area contributed by atoms with E-state index in [2.05, 4.69) is 16.1 Å². The number of hydrogen-bond donors (Lipinski definition) is 0. The highest BCUT2D eigenvalue weighted by molar-refractivity contribution is 5.81. The Morgan fingerprint density at radius 3 is 2.45 bits per heavy atom. The van der Waals surface area contributed by atoms with Crippen LogP contribution in [0.5, 0.6) is 0 Å². The number of carbonyl (C=O) groups is 1. The molecule has 0 heterocycles. The Morgan fingerprint density at radius 2 is 2.09 bits per heavy atom. The molecule has 64 valence electrons. The largest absolute Gasteiger partial charge is 0.525 e. The molecule has 0 aliphatic heterocycles. The maximum Gasteiger partial charge on any atom is 0.525 e. The Kier molecular flexibility index (Phi) is 3.59. The van der Waals surface area contributed by atoms with Crippen LogP contribution in [0.3, 0.4) is 0 Å². The van der Waals surface area contributed by atoms with E-state index in [-0.39, 0.29) is 0 Å². The summed E-state index contributed by atoms with van der Waals surface area (Å²) in [6.45, 7) is 1.82. The first-order valence-corrected chi connectivity index (χ1v) is 2.45. The molecule has 0 aromatic heterocycles. The quantitative estimate of drug-likeness (QED) is 0.362. The van der Waals surface area contributed by atoms with Crippen LogP contribution in [0.15, 0.2) is 12.7 Å². The summed E-state index contributed by atoms with van der Waals surface area (Å²) in [5.74, 6) is -0.964. The summed E-state index contributed by atoms with van der Waals surface area (Å²) in [6.07, 6.45) is -4.04. The monoisotopic (exact) mass is 170 g/mol. The fourth-order valence-corrected chi connectivity index (χ4v) is 0.213. The lowest BCUT2D eigenvalue weighted by Gasteiger charge is -2.05. The van der Waals surface area contributed by atoms with Gasteiger partial charge in [0.1, 0.15) is 0 Å². The molecular weight excluding hydrogens is 165 g/mol. The number of esters is 1. The smallest absolute Gasteiger partial charge is 0.435 e. The summed E-state index contributed by atoms with van der Waals surface area (Å²) in [5.41, 5.74) is 0. The Bertz CT molecular complexity index is 152. The number of rotatable bonds is 3. The van der Waals surface area contributed by atoms with Crippen LogP contribution >= 0.6 is 0 Å². The minimum absolute atomic E-state index is 0.736. The van der Waals surface area contributed by atoms with E-state index in [4.69, 9.17) is 0 Å². The number of halogens is 3. The second-order valence-corrected chi connectivity index (χ2v) is 1.38. The molecule has 0 N–H and O–H groups in total. The predicted molar refractivity (Wildman–Crippen MR) is 28.3 cm³/mol. The van der Waals surface area contributed by atoms with Gasteiger partial charge in [-0.3, -0.25) is 4.74 Å². The molecule has 0 radical (unpaired) electrons. The van der Waals surface area contributed by atoms with E-state index < -0.39 is 19.1 Å². The van der Waals surface area contributed by atoms with Crippen molar-refractivity contribution < 1.29 is 27.4 Å². The lowest BCUT2D eigenvalue weighted by atomic mass is 10.7. The van der Waals surface area contributed by atoms with Gasteiger partial charge in [0.2, 0.25) is 6.79 Å². The predicted octanol–water partition coefficient (Wildman–Crippen LogP) is 1.21. The molecule has 0 atom stereocenters. The van der Waals surface area contributed by atoms with Crippen molar-refractivity contribution in [3.63, 3.8) is 0 Å². The normalized spacial score (nSPS) is 10.8. The molecule has 0 bridgehead atoms. The highest BCUT2D eigenvalue weighted by Crippen LogP contribution is 2.15. The number of carbonyl (C=O) groups excluding carboxylic acids is 1. The van der Waals surface area contributed by atoms with Crippen molar-refractivity contribution in [3.05, 3.63) is 12.7 Å². The zero-order valence-corrected chi connectivity index (χ0v) is 5.35. The Hall–Kier alpha value is -1.04. The molecule has 0 rings (SSSR count). The fraction of sp³-hybridized carbons (Fsp3) is 0.400. The zero-order valence-electron chi connectivity index (χ0n) is 5.35. The molecule has 0 unspecified atom stereocenters. The molecule has 0 saturated carbocycles. The van der Waals surface area contributed by atoms with Gasteiger partial charge in [0.25, 0.3) is 0 Å². The van der Waals surface area contributed by atoms with Gasteiger partial charge in [-0.15, -0.1) is 13.2 Å². The summed E-state index contributed by atoms with van der Waals surface area (Å²) >= 11 is 0. The molecule has 0 saturated heterocycles. The average molecular weight is 170 g/mol. The van der Waals surface area contributed by atoms with E-state index in [1.165, 1.54) is 0 Å².